The minimum atomic E-state index is -0.177. The number of rotatable bonds is 4. The van der Waals surface area contributed by atoms with Gasteiger partial charge in [-0.1, -0.05) is 18.2 Å². The van der Waals surface area contributed by atoms with Gasteiger partial charge in [-0.3, -0.25) is 4.79 Å². The molecule has 1 aliphatic rings. The van der Waals surface area contributed by atoms with Crippen LogP contribution in [0, 0.1) is 0 Å². The van der Waals surface area contributed by atoms with E-state index < -0.39 is 0 Å². The summed E-state index contributed by atoms with van der Waals surface area (Å²) in [4.78, 5) is 16.7. The Morgan fingerprint density at radius 2 is 2.04 bits per heavy atom. The van der Waals surface area contributed by atoms with Crippen molar-refractivity contribution in [3.8, 4) is 11.5 Å². The number of allylic oxidation sites excluding steroid dienone is 1. The SMILES string of the molecule is CCOc1ccc(C=C2CCn3c2nc(=O)c2ccccc23)cc1OC. The molecule has 4 rings (SSSR count). The highest BCUT2D eigenvalue weighted by Crippen LogP contribution is 2.32. The summed E-state index contributed by atoms with van der Waals surface area (Å²) in [5.74, 6) is 2.17. The summed E-state index contributed by atoms with van der Waals surface area (Å²) in [5, 5.41) is 0.667. The van der Waals surface area contributed by atoms with E-state index in [0.717, 1.165) is 41.2 Å². The Kier molecular flexibility index (Phi) is 4.21. The van der Waals surface area contributed by atoms with Crippen molar-refractivity contribution in [3.05, 3.63) is 64.2 Å². The van der Waals surface area contributed by atoms with Gasteiger partial charge in [0.25, 0.3) is 5.56 Å². The van der Waals surface area contributed by atoms with Crippen molar-refractivity contribution in [2.45, 2.75) is 19.9 Å². The molecule has 132 valence electrons. The first-order valence-corrected chi connectivity index (χ1v) is 8.72. The monoisotopic (exact) mass is 348 g/mol. The predicted molar refractivity (Wildman–Crippen MR) is 103 cm³/mol. The molecule has 0 radical (unpaired) electrons. The molecule has 0 aliphatic carbocycles. The minimum Gasteiger partial charge on any atom is -0.493 e. The molecule has 0 N–H and O–H groups in total. The zero-order chi connectivity index (χ0) is 18.1. The smallest absolute Gasteiger partial charge is 0.281 e. The number of aromatic nitrogens is 2. The second-order valence-electron chi connectivity index (χ2n) is 6.17. The molecule has 2 heterocycles. The van der Waals surface area contributed by atoms with Crippen molar-refractivity contribution in [1.82, 2.24) is 9.55 Å². The number of ether oxygens (including phenoxy) is 2. The summed E-state index contributed by atoms with van der Waals surface area (Å²) in [6, 6.07) is 13.5. The van der Waals surface area contributed by atoms with Crippen molar-refractivity contribution in [2.24, 2.45) is 0 Å². The van der Waals surface area contributed by atoms with Crippen LogP contribution >= 0.6 is 0 Å². The third kappa shape index (κ3) is 2.75. The summed E-state index contributed by atoms with van der Waals surface area (Å²) < 4.78 is 13.1. The Morgan fingerprint density at radius 3 is 2.85 bits per heavy atom. The van der Waals surface area contributed by atoms with Crippen LogP contribution in [0.25, 0.3) is 22.6 Å². The van der Waals surface area contributed by atoms with E-state index in [-0.39, 0.29) is 5.56 Å². The lowest BCUT2D eigenvalue weighted by Gasteiger charge is -2.10. The number of nitrogens with zero attached hydrogens (tertiary/aromatic N) is 2. The van der Waals surface area contributed by atoms with Gasteiger partial charge >= 0.3 is 0 Å². The van der Waals surface area contributed by atoms with E-state index in [0.29, 0.717) is 17.7 Å². The number of fused-ring (bicyclic) bond motifs is 3. The van der Waals surface area contributed by atoms with Crippen molar-refractivity contribution in [3.63, 3.8) is 0 Å². The van der Waals surface area contributed by atoms with Crippen LogP contribution in [0.4, 0.5) is 0 Å². The van der Waals surface area contributed by atoms with E-state index in [1.807, 2.05) is 49.4 Å². The fourth-order valence-electron chi connectivity index (χ4n) is 3.42. The van der Waals surface area contributed by atoms with Gasteiger partial charge in [-0.25, -0.2) is 0 Å². The fraction of sp³-hybridized carbons (Fsp3) is 0.238. The van der Waals surface area contributed by atoms with Crippen molar-refractivity contribution in [1.29, 1.82) is 0 Å². The zero-order valence-corrected chi connectivity index (χ0v) is 14.9. The van der Waals surface area contributed by atoms with Crippen LogP contribution in [0.2, 0.25) is 0 Å². The molecule has 5 heteroatoms. The molecule has 5 nitrogen and oxygen atoms in total. The zero-order valence-electron chi connectivity index (χ0n) is 14.9. The number of hydrogen-bond donors (Lipinski definition) is 0. The second-order valence-corrected chi connectivity index (χ2v) is 6.17. The Morgan fingerprint density at radius 1 is 1.19 bits per heavy atom. The van der Waals surface area contributed by atoms with Gasteiger partial charge in [0, 0.05) is 6.54 Å². The lowest BCUT2D eigenvalue weighted by Crippen LogP contribution is -2.14. The van der Waals surface area contributed by atoms with Crippen molar-refractivity contribution < 1.29 is 9.47 Å². The Balaban J connectivity index is 1.79. The highest BCUT2D eigenvalue weighted by atomic mass is 16.5. The highest BCUT2D eigenvalue weighted by Gasteiger charge is 2.20. The average molecular weight is 348 g/mol. The molecule has 0 fully saturated rings. The first-order valence-electron chi connectivity index (χ1n) is 8.72. The van der Waals surface area contributed by atoms with Crippen LogP contribution in [-0.4, -0.2) is 23.3 Å². The van der Waals surface area contributed by atoms with Crippen LogP contribution < -0.4 is 15.0 Å². The summed E-state index contributed by atoms with van der Waals surface area (Å²) >= 11 is 0. The van der Waals surface area contributed by atoms with Gasteiger partial charge in [0.2, 0.25) is 0 Å². The van der Waals surface area contributed by atoms with E-state index in [2.05, 4.69) is 15.6 Å². The normalized spacial score (nSPS) is 14.6. The lowest BCUT2D eigenvalue weighted by atomic mass is 10.1. The molecule has 2 aromatic carbocycles. The molecular formula is C21H20N2O3. The molecule has 3 aromatic rings. The van der Waals surface area contributed by atoms with Crippen LogP contribution in [0.5, 0.6) is 11.5 Å². The van der Waals surface area contributed by atoms with E-state index in [1.165, 1.54) is 0 Å². The predicted octanol–water partition coefficient (Wildman–Crippen LogP) is 3.75. The maximum Gasteiger partial charge on any atom is 0.281 e. The van der Waals surface area contributed by atoms with Gasteiger partial charge in [0.05, 0.1) is 24.6 Å². The Hall–Kier alpha value is -3.08. The first kappa shape index (κ1) is 16.4. The standard InChI is InChI=1S/C21H20N2O3/c1-3-26-18-9-8-14(13-19(18)25-2)12-15-10-11-23-17-7-5-4-6-16(17)21(24)22-20(15)23/h4-9,12-13H,3,10-11H2,1-2H3. The van der Waals surface area contributed by atoms with E-state index >= 15 is 0 Å². The van der Waals surface area contributed by atoms with Gasteiger partial charge in [0.15, 0.2) is 11.5 Å². The minimum absolute atomic E-state index is 0.177. The molecule has 0 unspecified atom stereocenters. The molecule has 26 heavy (non-hydrogen) atoms. The van der Waals surface area contributed by atoms with Gasteiger partial charge < -0.3 is 14.0 Å². The summed E-state index contributed by atoms with van der Waals surface area (Å²) in [6.07, 6.45) is 2.91. The Bertz CT molecular complexity index is 1070. The summed E-state index contributed by atoms with van der Waals surface area (Å²) in [7, 11) is 1.63. The molecule has 0 amide bonds. The fourth-order valence-corrected chi connectivity index (χ4v) is 3.42. The van der Waals surface area contributed by atoms with Crippen LogP contribution in [0.15, 0.2) is 47.3 Å². The largest absolute Gasteiger partial charge is 0.493 e. The number of para-hydroxylation sites is 1. The average Bonchev–Trinajstić information content (AvgIpc) is 3.06. The number of hydrogen-bond acceptors (Lipinski definition) is 4. The van der Waals surface area contributed by atoms with E-state index in [9.17, 15) is 4.79 Å². The molecule has 1 aliphatic heterocycles. The topological polar surface area (TPSA) is 53.4 Å². The quantitative estimate of drug-likeness (QED) is 0.721. The van der Waals surface area contributed by atoms with Crippen LogP contribution in [-0.2, 0) is 6.54 Å². The van der Waals surface area contributed by atoms with Gasteiger partial charge in [-0.15, -0.1) is 0 Å². The molecule has 0 atom stereocenters. The van der Waals surface area contributed by atoms with E-state index in [4.69, 9.17) is 9.47 Å². The van der Waals surface area contributed by atoms with Crippen molar-refractivity contribution >= 4 is 22.6 Å². The Labute approximate surface area is 151 Å². The maximum atomic E-state index is 12.4. The van der Waals surface area contributed by atoms with Crippen LogP contribution in [0.3, 0.4) is 0 Å². The summed E-state index contributed by atoms with van der Waals surface area (Å²) in [6.45, 7) is 3.35. The second kappa shape index (κ2) is 6.67. The van der Waals surface area contributed by atoms with Gasteiger partial charge in [-0.2, -0.15) is 4.98 Å². The highest BCUT2D eigenvalue weighted by molar-refractivity contribution is 5.85. The molecule has 0 spiro atoms. The van der Waals surface area contributed by atoms with Crippen molar-refractivity contribution in [2.75, 3.05) is 13.7 Å². The first-order chi connectivity index (χ1) is 12.7. The third-order valence-corrected chi connectivity index (χ3v) is 4.61. The molecule has 0 bridgehead atoms. The third-order valence-electron chi connectivity index (χ3n) is 4.61. The molecule has 0 saturated heterocycles. The number of benzene rings is 2. The number of aryl methyl sites for hydroxylation is 1. The molecule has 1 aromatic heterocycles. The number of methoxy groups -OCH3 is 1. The van der Waals surface area contributed by atoms with E-state index in [1.54, 1.807) is 7.11 Å². The maximum absolute atomic E-state index is 12.4. The van der Waals surface area contributed by atoms with Gasteiger partial charge in [-0.05, 0) is 54.8 Å². The lowest BCUT2D eigenvalue weighted by molar-refractivity contribution is 0.311. The molecular weight excluding hydrogens is 328 g/mol. The molecule has 0 saturated carbocycles. The summed E-state index contributed by atoms with van der Waals surface area (Å²) in [5.41, 5.74) is 2.81. The van der Waals surface area contributed by atoms with Crippen LogP contribution in [0.1, 0.15) is 24.7 Å². The van der Waals surface area contributed by atoms with Gasteiger partial charge in [0.1, 0.15) is 5.82 Å².